The van der Waals surface area contributed by atoms with Gasteiger partial charge in [-0.25, -0.2) is 0 Å². The van der Waals surface area contributed by atoms with Crippen LogP contribution in [0.1, 0.15) is 27.7 Å². The third-order valence-corrected chi connectivity index (χ3v) is 1.23. The van der Waals surface area contributed by atoms with E-state index in [9.17, 15) is 0 Å². The Morgan fingerprint density at radius 1 is 1.30 bits per heavy atom. The highest BCUT2D eigenvalue weighted by atomic mass is 16.5. The molecule has 0 aliphatic carbocycles. The van der Waals surface area contributed by atoms with Crippen molar-refractivity contribution >= 4 is 0 Å². The second kappa shape index (κ2) is 5.69. The van der Waals surface area contributed by atoms with Crippen molar-refractivity contribution < 1.29 is 4.74 Å². The topological polar surface area (TPSA) is 21.3 Å². The third kappa shape index (κ3) is 6.05. The highest BCUT2D eigenvalue weighted by molar-refractivity contribution is 4.51. The van der Waals surface area contributed by atoms with E-state index in [1.165, 1.54) is 0 Å². The Hall–Kier alpha value is -0.0800. The van der Waals surface area contributed by atoms with E-state index in [-0.39, 0.29) is 6.23 Å². The van der Waals surface area contributed by atoms with Crippen molar-refractivity contribution in [1.29, 1.82) is 0 Å². The lowest BCUT2D eigenvalue weighted by Crippen LogP contribution is -2.31. The van der Waals surface area contributed by atoms with E-state index in [0.717, 1.165) is 13.2 Å². The summed E-state index contributed by atoms with van der Waals surface area (Å²) >= 11 is 0. The van der Waals surface area contributed by atoms with Crippen molar-refractivity contribution in [3.05, 3.63) is 0 Å². The molecule has 2 nitrogen and oxygen atoms in total. The van der Waals surface area contributed by atoms with Crippen LogP contribution in [0.3, 0.4) is 0 Å². The Labute approximate surface area is 64.0 Å². The number of nitrogens with one attached hydrogen (secondary N) is 1. The van der Waals surface area contributed by atoms with E-state index >= 15 is 0 Å². The third-order valence-electron chi connectivity index (χ3n) is 1.23. The maximum atomic E-state index is 5.28. The Morgan fingerprint density at radius 3 is 2.30 bits per heavy atom. The van der Waals surface area contributed by atoms with Crippen LogP contribution in [-0.2, 0) is 4.74 Å². The summed E-state index contributed by atoms with van der Waals surface area (Å²) in [5, 5.41) is 3.26. The largest absolute Gasteiger partial charge is 0.364 e. The van der Waals surface area contributed by atoms with Crippen LogP contribution >= 0.6 is 0 Å². The first kappa shape index (κ1) is 9.92. The average molecular weight is 145 g/mol. The average Bonchev–Trinajstić information content (AvgIpc) is 1.85. The molecule has 0 radical (unpaired) electrons. The maximum Gasteiger partial charge on any atom is 0.105 e. The highest BCUT2D eigenvalue weighted by Gasteiger charge is 1.99. The van der Waals surface area contributed by atoms with E-state index in [0.29, 0.717) is 5.92 Å². The normalized spacial score (nSPS) is 14.1. The molecule has 0 saturated heterocycles. The summed E-state index contributed by atoms with van der Waals surface area (Å²) in [7, 11) is 0. The molecular formula is C8H19NO. The molecule has 0 spiro atoms. The van der Waals surface area contributed by atoms with Gasteiger partial charge in [0.15, 0.2) is 0 Å². The van der Waals surface area contributed by atoms with Gasteiger partial charge in [-0.2, -0.15) is 0 Å². The Kier molecular flexibility index (Phi) is 5.64. The molecule has 62 valence electrons. The number of hydrogen-bond acceptors (Lipinski definition) is 2. The van der Waals surface area contributed by atoms with E-state index in [4.69, 9.17) is 4.74 Å². The lowest BCUT2D eigenvalue weighted by molar-refractivity contribution is 0.0499. The van der Waals surface area contributed by atoms with Gasteiger partial charge in [0.2, 0.25) is 0 Å². The van der Waals surface area contributed by atoms with Gasteiger partial charge in [-0.3, -0.25) is 5.32 Å². The number of rotatable bonds is 5. The standard InChI is InChI=1S/C8H19NO/c1-5-10-8(4)9-6-7(2)3/h7-9H,5-6H2,1-4H3. The molecule has 0 saturated carbocycles. The molecule has 1 atom stereocenters. The lowest BCUT2D eigenvalue weighted by atomic mass is 10.2. The number of hydrogen-bond donors (Lipinski definition) is 1. The van der Waals surface area contributed by atoms with Crippen LogP contribution < -0.4 is 5.32 Å². The van der Waals surface area contributed by atoms with Crippen LogP contribution in [0.5, 0.6) is 0 Å². The first-order valence-electron chi connectivity index (χ1n) is 4.01. The van der Waals surface area contributed by atoms with Gasteiger partial charge in [0, 0.05) is 6.61 Å². The van der Waals surface area contributed by atoms with Gasteiger partial charge in [0.05, 0.1) is 0 Å². The van der Waals surface area contributed by atoms with Gasteiger partial charge in [0.25, 0.3) is 0 Å². The second-order valence-corrected chi connectivity index (χ2v) is 2.90. The van der Waals surface area contributed by atoms with Crippen LogP contribution in [0.25, 0.3) is 0 Å². The number of ether oxygens (including phenoxy) is 1. The summed E-state index contributed by atoms with van der Waals surface area (Å²) < 4.78 is 5.28. The molecule has 0 fully saturated rings. The summed E-state index contributed by atoms with van der Waals surface area (Å²) in [5.41, 5.74) is 0. The van der Waals surface area contributed by atoms with E-state index in [1.807, 2.05) is 13.8 Å². The SMILES string of the molecule is CCOC(C)NCC(C)C. The molecule has 0 rings (SSSR count). The molecule has 0 amide bonds. The van der Waals surface area contributed by atoms with Gasteiger partial charge in [-0.05, 0) is 26.3 Å². The Bertz CT molecular complexity index is 73.7. The minimum absolute atomic E-state index is 0.201. The zero-order valence-electron chi connectivity index (χ0n) is 7.48. The predicted molar refractivity (Wildman–Crippen MR) is 43.9 cm³/mol. The smallest absolute Gasteiger partial charge is 0.105 e. The van der Waals surface area contributed by atoms with Gasteiger partial charge >= 0.3 is 0 Å². The molecule has 0 aromatic rings. The zero-order chi connectivity index (χ0) is 7.98. The van der Waals surface area contributed by atoms with Crippen LogP contribution in [0.2, 0.25) is 0 Å². The summed E-state index contributed by atoms with van der Waals surface area (Å²) in [4.78, 5) is 0. The monoisotopic (exact) mass is 145 g/mol. The van der Waals surface area contributed by atoms with Crippen molar-refractivity contribution in [2.75, 3.05) is 13.2 Å². The van der Waals surface area contributed by atoms with Gasteiger partial charge in [0.1, 0.15) is 6.23 Å². The van der Waals surface area contributed by atoms with Gasteiger partial charge in [-0.15, -0.1) is 0 Å². The molecule has 0 aliphatic rings. The fourth-order valence-corrected chi connectivity index (χ4v) is 0.711. The fourth-order valence-electron chi connectivity index (χ4n) is 0.711. The van der Waals surface area contributed by atoms with Crippen LogP contribution in [0.15, 0.2) is 0 Å². The fraction of sp³-hybridized carbons (Fsp3) is 1.00. The van der Waals surface area contributed by atoms with E-state index in [2.05, 4.69) is 19.2 Å². The van der Waals surface area contributed by atoms with Crippen LogP contribution in [0.4, 0.5) is 0 Å². The van der Waals surface area contributed by atoms with Crippen LogP contribution in [0, 0.1) is 5.92 Å². The van der Waals surface area contributed by atoms with Crippen LogP contribution in [-0.4, -0.2) is 19.4 Å². The summed E-state index contributed by atoms with van der Waals surface area (Å²) in [6.45, 7) is 10.2. The molecule has 0 aliphatic heterocycles. The summed E-state index contributed by atoms with van der Waals surface area (Å²) in [5.74, 6) is 0.697. The molecule has 10 heavy (non-hydrogen) atoms. The first-order chi connectivity index (χ1) is 4.66. The molecule has 1 N–H and O–H groups in total. The minimum Gasteiger partial charge on any atom is -0.364 e. The Morgan fingerprint density at radius 2 is 1.90 bits per heavy atom. The molecule has 1 unspecified atom stereocenters. The van der Waals surface area contributed by atoms with E-state index < -0.39 is 0 Å². The summed E-state index contributed by atoms with van der Waals surface area (Å²) in [6, 6.07) is 0. The zero-order valence-corrected chi connectivity index (χ0v) is 7.48. The predicted octanol–water partition coefficient (Wildman–Crippen LogP) is 1.61. The molecule has 0 aromatic heterocycles. The molecule has 0 aromatic carbocycles. The first-order valence-corrected chi connectivity index (χ1v) is 4.01. The van der Waals surface area contributed by atoms with E-state index in [1.54, 1.807) is 0 Å². The lowest BCUT2D eigenvalue weighted by Gasteiger charge is -2.14. The highest BCUT2D eigenvalue weighted by Crippen LogP contribution is 1.90. The van der Waals surface area contributed by atoms with Crippen molar-refractivity contribution in [3.8, 4) is 0 Å². The molecule has 0 bridgehead atoms. The van der Waals surface area contributed by atoms with Crippen molar-refractivity contribution in [2.45, 2.75) is 33.9 Å². The van der Waals surface area contributed by atoms with Crippen molar-refractivity contribution in [3.63, 3.8) is 0 Å². The Balaban J connectivity index is 3.12. The second-order valence-electron chi connectivity index (χ2n) is 2.90. The van der Waals surface area contributed by atoms with Crippen molar-refractivity contribution in [1.82, 2.24) is 5.32 Å². The quantitative estimate of drug-likeness (QED) is 0.593. The molecule has 2 heteroatoms. The molecular weight excluding hydrogens is 126 g/mol. The minimum atomic E-state index is 0.201. The van der Waals surface area contributed by atoms with Gasteiger partial charge in [-0.1, -0.05) is 13.8 Å². The van der Waals surface area contributed by atoms with Gasteiger partial charge < -0.3 is 4.74 Å². The van der Waals surface area contributed by atoms with Crippen molar-refractivity contribution in [2.24, 2.45) is 5.92 Å². The maximum absolute atomic E-state index is 5.28. The molecule has 0 heterocycles. The summed E-state index contributed by atoms with van der Waals surface area (Å²) in [6.07, 6.45) is 0.201.